The summed E-state index contributed by atoms with van der Waals surface area (Å²) in [7, 11) is 0. The van der Waals surface area contributed by atoms with Crippen LogP contribution in [-0.2, 0) is 9.59 Å². The maximum atomic E-state index is 12.9. The van der Waals surface area contributed by atoms with Gasteiger partial charge in [0.05, 0.1) is 6.54 Å². The summed E-state index contributed by atoms with van der Waals surface area (Å²) >= 11 is 0. The molecular formula is C17H23FN4O3. The molecule has 0 aromatic heterocycles. The molecule has 0 bridgehead atoms. The molecule has 0 aliphatic carbocycles. The lowest BCUT2D eigenvalue weighted by atomic mass is 10.1. The van der Waals surface area contributed by atoms with Gasteiger partial charge in [0.1, 0.15) is 12.4 Å². The van der Waals surface area contributed by atoms with E-state index < -0.39 is 11.8 Å². The molecule has 2 rings (SSSR count). The number of nitrogens with one attached hydrogen (secondary N) is 2. The average molecular weight is 350 g/mol. The first-order valence-electron chi connectivity index (χ1n) is 8.04. The Labute approximate surface area is 146 Å². The van der Waals surface area contributed by atoms with Gasteiger partial charge in [-0.2, -0.15) is 0 Å². The Bertz CT molecular complexity index is 655. The van der Waals surface area contributed by atoms with Crippen LogP contribution in [0.4, 0.5) is 14.9 Å². The second kappa shape index (κ2) is 7.50. The van der Waals surface area contributed by atoms with Crippen LogP contribution in [0.2, 0.25) is 0 Å². The Kier molecular flexibility index (Phi) is 5.61. The highest BCUT2D eigenvalue weighted by Crippen LogP contribution is 2.11. The lowest BCUT2D eigenvalue weighted by Crippen LogP contribution is -2.56. The SMILES string of the molecule is CC(C)(C)NC(=O)CN1CCN(C(=O)Nc2ccc(F)cc2)CC1=O. The number of benzene rings is 1. The summed E-state index contributed by atoms with van der Waals surface area (Å²) < 4.78 is 12.9. The summed E-state index contributed by atoms with van der Waals surface area (Å²) in [4.78, 5) is 39.1. The number of halogens is 1. The Morgan fingerprint density at radius 1 is 1.16 bits per heavy atom. The number of hydrogen-bond acceptors (Lipinski definition) is 3. The van der Waals surface area contributed by atoms with Gasteiger partial charge in [0, 0.05) is 24.3 Å². The lowest BCUT2D eigenvalue weighted by molar-refractivity contribution is -0.139. The van der Waals surface area contributed by atoms with Crippen LogP contribution in [-0.4, -0.2) is 59.4 Å². The molecule has 7 nitrogen and oxygen atoms in total. The first-order valence-corrected chi connectivity index (χ1v) is 8.04. The Balaban J connectivity index is 1.86. The molecule has 136 valence electrons. The van der Waals surface area contributed by atoms with Crippen molar-refractivity contribution in [3.8, 4) is 0 Å². The highest BCUT2D eigenvalue weighted by molar-refractivity contribution is 5.94. The summed E-state index contributed by atoms with van der Waals surface area (Å²) in [5.74, 6) is -0.912. The molecule has 1 aromatic carbocycles. The first kappa shape index (κ1) is 18.7. The van der Waals surface area contributed by atoms with Crippen LogP contribution in [0.3, 0.4) is 0 Å². The molecule has 1 aromatic rings. The van der Waals surface area contributed by atoms with E-state index in [1.807, 2.05) is 20.8 Å². The van der Waals surface area contributed by atoms with Crippen molar-refractivity contribution in [2.24, 2.45) is 0 Å². The van der Waals surface area contributed by atoms with Gasteiger partial charge in [0.15, 0.2) is 0 Å². The Morgan fingerprint density at radius 2 is 1.80 bits per heavy atom. The van der Waals surface area contributed by atoms with E-state index in [0.717, 1.165) is 0 Å². The fraction of sp³-hybridized carbons (Fsp3) is 0.471. The third-order valence-electron chi connectivity index (χ3n) is 3.55. The number of carbonyl (C=O) groups is 3. The maximum absolute atomic E-state index is 12.9. The smallest absolute Gasteiger partial charge is 0.322 e. The van der Waals surface area contributed by atoms with Crippen LogP contribution in [0.15, 0.2) is 24.3 Å². The zero-order chi connectivity index (χ0) is 18.6. The van der Waals surface area contributed by atoms with Crippen molar-refractivity contribution < 1.29 is 18.8 Å². The molecule has 1 aliphatic heterocycles. The number of hydrogen-bond donors (Lipinski definition) is 2. The number of anilines is 1. The normalized spacial score (nSPS) is 15.1. The van der Waals surface area contributed by atoms with Crippen molar-refractivity contribution in [1.29, 1.82) is 0 Å². The van der Waals surface area contributed by atoms with E-state index >= 15 is 0 Å². The summed E-state index contributed by atoms with van der Waals surface area (Å²) in [6.07, 6.45) is 0. The number of piperazine rings is 1. The fourth-order valence-corrected chi connectivity index (χ4v) is 2.42. The van der Waals surface area contributed by atoms with Crippen LogP contribution in [0.25, 0.3) is 0 Å². The van der Waals surface area contributed by atoms with Gasteiger partial charge in [-0.3, -0.25) is 9.59 Å². The highest BCUT2D eigenvalue weighted by Gasteiger charge is 2.29. The highest BCUT2D eigenvalue weighted by atomic mass is 19.1. The minimum absolute atomic E-state index is 0.0243. The Hall–Kier alpha value is -2.64. The van der Waals surface area contributed by atoms with E-state index in [2.05, 4.69) is 10.6 Å². The van der Waals surface area contributed by atoms with E-state index in [1.54, 1.807) is 0 Å². The van der Waals surface area contributed by atoms with Gasteiger partial charge in [-0.15, -0.1) is 0 Å². The minimum Gasteiger partial charge on any atom is -0.350 e. The van der Waals surface area contributed by atoms with Crippen molar-refractivity contribution in [1.82, 2.24) is 15.1 Å². The summed E-state index contributed by atoms with van der Waals surface area (Å²) in [5.41, 5.74) is 0.0858. The number of urea groups is 1. The minimum atomic E-state index is -0.432. The average Bonchev–Trinajstić information content (AvgIpc) is 2.49. The Morgan fingerprint density at radius 3 is 2.36 bits per heavy atom. The lowest BCUT2D eigenvalue weighted by Gasteiger charge is -2.34. The molecule has 25 heavy (non-hydrogen) atoms. The molecule has 1 saturated heterocycles. The molecule has 2 N–H and O–H groups in total. The molecule has 1 heterocycles. The number of nitrogens with zero attached hydrogens (tertiary/aromatic N) is 2. The second-order valence-electron chi connectivity index (χ2n) is 6.97. The van der Waals surface area contributed by atoms with Crippen molar-refractivity contribution in [3.05, 3.63) is 30.1 Å². The summed E-state index contributed by atoms with van der Waals surface area (Å²) in [6, 6.07) is 4.95. The fourth-order valence-electron chi connectivity index (χ4n) is 2.42. The van der Waals surface area contributed by atoms with Gasteiger partial charge in [-0.25, -0.2) is 9.18 Å². The topological polar surface area (TPSA) is 81.8 Å². The van der Waals surface area contributed by atoms with Gasteiger partial charge >= 0.3 is 6.03 Å². The van der Waals surface area contributed by atoms with Crippen LogP contribution in [0.1, 0.15) is 20.8 Å². The van der Waals surface area contributed by atoms with Crippen LogP contribution in [0.5, 0.6) is 0 Å². The molecule has 0 spiro atoms. The van der Waals surface area contributed by atoms with E-state index in [0.29, 0.717) is 12.2 Å². The second-order valence-corrected chi connectivity index (χ2v) is 6.97. The molecular weight excluding hydrogens is 327 g/mol. The third kappa shape index (κ3) is 5.74. The molecule has 0 atom stereocenters. The quantitative estimate of drug-likeness (QED) is 0.865. The van der Waals surface area contributed by atoms with E-state index in [1.165, 1.54) is 34.1 Å². The number of rotatable bonds is 3. The van der Waals surface area contributed by atoms with Crippen LogP contribution < -0.4 is 10.6 Å². The van der Waals surface area contributed by atoms with Crippen molar-refractivity contribution in [2.45, 2.75) is 26.3 Å². The van der Waals surface area contributed by atoms with E-state index in [-0.39, 0.29) is 37.0 Å². The number of amides is 4. The largest absolute Gasteiger partial charge is 0.350 e. The zero-order valence-electron chi connectivity index (χ0n) is 14.6. The van der Waals surface area contributed by atoms with Crippen molar-refractivity contribution >= 4 is 23.5 Å². The molecule has 8 heteroatoms. The van der Waals surface area contributed by atoms with Crippen LogP contribution >= 0.6 is 0 Å². The van der Waals surface area contributed by atoms with Crippen molar-refractivity contribution in [2.75, 3.05) is 31.5 Å². The van der Waals surface area contributed by atoms with Crippen molar-refractivity contribution in [3.63, 3.8) is 0 Å². The summed E-state index contributed by atoms with van der Waals surface area (Å²) in [6.45, 7) is 6.08. The van der Waals surface area contributed by atoms with Gasteiger partial charge in [0.2, 0.25) is 11.8 Å². The molecule has 1 fully saturated rings. The molecule has 0 saturated carbocycles. The number of carbonyl (C=O) groups excluding carboxylic acids is 3. The van der Waals surface area contributed by atoms with Gasteiger partial charge in [0.25, 0.3) is 0 Å². The van der Waals surface area contributed by atoms with E-state index in [4.69, 9.17) is 0 Å². The molecule has 0 radical (unpaired) electrons. The monoisotopic (exact) mass is 350 g/mol. The third-order valence-corrected chi connectivity index (χ3v) is 3.55. The molecule has 1 aliphatic rings. The van der Waals surface area contributed by atoms with Gasteiger partial charge in [-0.05, 0) is 45.0 Å². The summed E-state index contributed by atoms with van der Waals surface area (Å²) in [5, 5.41) is 5.42. The zero-order valence-corrected chi connectivity index (χ0v) is 14.6. The van der Waals surface area contributed by atoms with Gasteiger partial charge < -0.3 is 20.4 Å². The standard InChI is InChI=1S/C17H23FN4O3/c1-17(2,3)20-14(23)10-21-8-9-22(11-15(21)24)16(25)19-13-6-4-12(18)5-7-13/h4-7H,8-11H2,1-3H3,(H,19,25)(H,20,23). The molecule has 4 amide bonds. The predicted octanol–water partition coefficient (Wildman–Crippen LogP) is 1.42. The van der Waals surface area contributed by atoms with E-state index in [9.17, 15) is 18.8 Å². The molecule has 0 unspecified atom stereocenters. The van der Waals surface area contributed by atoms with Crippen LogP contribution in [0, 0.1) is 5.82 Å². The van der Waals surface area contributed by atoms with Gasteiger partial charge in [-0.1, -0.05) is 0 Å². The predicted molar refractivity (Wildman–Crippen MR) is 91.5 cm³/mol. The first-order chi connectivity index (χ1) is 11.6. The maximum Gasteiger partial charge on any atom is 0.322 e.